The highest BCUT2D eigenvalue weighted by atomic mass is 16.5. The third-order valence-electron chi connectivity index (χ3n) is 22.9. The van der Waals surface area contributed by atoms with Crippen molar-refractivity contribution in [1.82, 2.24) is 95.0 Å². The number of nitrogens with zero attached hydrogens (tertiary/aromatic N) is 1. The van der Waals surface area contributed by atoms with E-state index in [4.69, 9.17) is 32.1 Å². The number of ether oxygens (including phenoxy) is 2. The Morgan fingerprint density at radius 3 is 1.78 bits per heavy atom. The summed E-state index contributed by atoms with van der Waals surface area (Å²) >= 11 is 0. The van der Waals surface area contributed by atoms with E-state index in [9.17, 15) is 87.2 Å². The zero-order valence-electron chi connectivity index (χ0n) is 76.6. The maximum Gasteiger partial charge on any atom is 0.246 e. The third kappa shape index (κ3) is 41.7. The fourth-order valence-corrected chi connectivity index (χ4v) is 15.4. The number of fused-ring (bicyclic) bond motifs is 2. The molecule has 4 heterocycles. The Bertz CT molecular complexity index is 4290. The molecule has 738 valence electrons. The van der Waals surface area contributed by atoms with Crippen LogP contribution in [0, 0.1) is 5.41 Å². The molecule has 0 bridgehead atoms. The fraction of sp³-hybridized carbons (Fsp3) is 0.633. The molecule has 133 heavy (non-hydrogen) atoms. The van der Waals surface area contributed by atoms with E-state index in [1.807, 2.05) is 0 Å². The number of hydrogen-bond donors (Lipinski definition) is 24. The number of aliphatic hydroxyl groups is 3. The van der Waals surface area contributed by atoms with Crippen molar-refractivity contribution in [3.05, 3.63) is 83.8 Å². The normalized spacial score (nSPS) is 19.3. The minimum atomic E-state index is -1.91. The van der Waals surface area contributed by atoms with Crippen LogP contribution in [0.2, 0.25) is 0 Å². The van der Waals surface area contributed by atoms with Crippen molar-refractivity contribution in [1.29, 1.82) is 5.41 Å². The van der Waals surface area contributed by atoms with Gasteiger partial charge in [0, 0.05) is 100 Å². The van der Waals surface area contributed by atoms with Crippen molar-refractivity contribution >= 4 is 111 Å². The summed E-state index contributed by atoms with van der Waals surface area (Å²) < 4.78 is 10.8. The summed E-state index contributed by atoms with van der Waals surface area (Å²) in [5, 5.41) is 82.6. The van der Waals surface area contributed by atoms with Crippen LogP contribution in [0.25, 0.3) is 10.9 Å². The molecule has 2 saturated heterocycles. The number of primary amides is 2. The summed E-state index contributed by atoms with van der Waals surface area (Å²) in [6, 6.07) is -2.26. The number of carbonyl (C=O) groups excluding carboxylic acids is 16. The fourth-order valence-electron chi connectivity index (χ4n) is 15.4. The van der Waals surface area contributed by atoms with Crippen molar-refractivity contribution < 1.29 is 102 Å². The van der Waals surface area contributed by atoms with Gasteiger partial charge in [-0.3, -0.25) is 82.1 Å². The molecule has 0 spiro atoms. The summed E-state index contributed by atoms with van der Waals surface area (Å²) in [6.07, 6.45) is 17.7. The van der Waals surface area contributed by atoms with Crippen molar-refractivity contribution in [2.24, 2.45) is 17.2 Å². The second kappa shape index (κ2) is 61.6. The van der Waals surface area contributed by atoms with Crippen molar-refractivity contribution in [3.8, 4) is 0 Å². The first kappa shape index (κ1) is 110. The van der Waals surface area contributed by atoms with E-state index >= 15 is 4.79 Å². The van der Waals surface area contributed by atoms with Gasteiger partial charge in [0.05, 0.1) is 52.4 Å². The van der Waals surface area contributed by atoms with Gasteiger partial charge in [-0.25, -0.2) is 0 Å². The summed E-state index contributed by atoms with van der Waals surface area (Å²) in [7, 11) is 0. The Morgan fingerprint density at radius 2 is 1.14 bits per heavy atom. The van der Waals surface area contributed by atoms with Crippen LogP contribution in [0.1, 0.15) is 211 Å². The standard InChI is InChI=1S/C90H142N22O21/c1-3-5-7-8-9-10-11-12-13-14-15-16-17-18-22-34-75(117)97-41-42-132-43-44-133-55-78(120)100-51-77(119)102-71(53-113)86(128)106-66(35-37-74(91)116)82(124)109-70(47-59-50-95-56-101-59)85(127)111-72(54-114)87(129)105-64(30-6-4-2)80(122)107-67-36-38-76(118)96-39-25-32-63(79(92)121)103-84(126)69(46-58-49-99-62-31-24-23-29-61(58)62)108-81(123)65(33-26-40-98-90(93)94)104-83(125)68(45-57-27-20-19-21-28-57)110-88(130)73-48-60(115)52-112(73)89(67)131/h19-21,23-24,27-29,31,49-50,60,63-73,95,99,101,113-115H,3-18,22,25-26,30,32-48,51-56H2,1-2H3,(H2,91,116)(H2,92,121)(H,96,118)(H,97,117)(H,100,120)(H,102,119)(H,103,126)(H,104,125)(H,105,129)(H,106,128)(H,107,122)(H,108,123)(H,109,124)(H,110,130)(H,111,127)(H4,93,94,98)/t60-,63+,64+,65?,66?,67+,68?,69+,70+,71+,72?,73?/m1/s1. The maximum atomic E-state index is 15.3. The number of benzene rings is 2. The molecule has 27 N–H and O–H groups in total. The number of rotatable bonds is 56. The third-order valence-corrected chi connectivity index (χ3v) is 22.9. The monoisotopic (exact) mass is 1870 g/mol. The lowest BCUT2D eigenvalue weighted by Crippen LogP contribution is -2.61. The number of H-pyrrole nitrogens is 1. The van der Waals surface area contributed by atoms with E-state index in [1.165, 1.54) is 83.2 Å². The molecule has 43 nitrogen and oxygen atoms in total. The number of guanidine groups is 1. The number of aromatic nitrogens is 1. The van der Waals surface area contributed by atoms with Crippen molar-refractivity contribution in [3.63, 3.8) is 0 Å². The summed E-state index contributed by atoms with van der Waals surface area (Å²) in [5.74, 6) is -15.0. The molecule has 0 aliphatic carbocycles. The van der Waals surface area contributed by atoms with E-state index in [0.717, 1.165) is 24.2 Å². The first-order chi connectivity index (χ1) is 64.0. The van der Waals surface area contributed by atoms with Gasteiger partial charge in [-0.15, -0.1) is 0 Å². The van der Waals surface area contributed by atoms with Crippen molar-refractivity contribution in [2.75, 3.05) is 79.0 Å². The van der Waals surface area contributed by atoms with Crippen LogP contribution in [-0.2, 0) is 99.0 Å². The molecule has 12 atom stereocenters. The molecule has 2 aromatic carbocycles. The van der Waals surface area contributed by atoms with Gasteiger partial charge in [-0.2, -0.15) is 0 Å². The summed E-state index contributed by atoms with van der Waals surface area (Å²) in [6.45, 7) is 0.750. The average molecular weight is 1870 g/mol. The number of aromatic amines is 1. The first-order valence-corrected chi connectivity index (χ1v) is 46.6. The van der Waals surface area contributed by atoms with Gasteiger partial charge in [0.25, 0.3) is 0 Å². The molecule has 5 unspecified atom stereocenters. The predicted octanol–water partition coefficient (Wildman–Crippen LogP) is -2.45. The highest BCUT2D eigenvalue weighted by Crippen LogP contribution is 2.24. The Balaban J connectivity index is 1.10. The second-order valence-corrected chi connectivity index (χ2v) is 33.7. The van der Waals surface area contributed by atoms with Gasteiger partial charge in [0.15, 0.2) is 5.96 Å². The van der Waals surface area contributed by atoms with E-state index in [0.29, 0.717) is 47.1 Å². The van der Waals surface area contributed by atoms with Gasteiger partial charge < -0.3 is 137 Å². The Hall–Kier alpha value is -12.1. The van der Waals surface area contributed by atoms with Crippen LogP contribution in [0.15, 0.2) is 72.7 Å². The molecule has 43 heteroatoms. The van der Waals surface area contributed by atoms with Gasteiger partial charge in [-0.05, 0) is 68.6 Å². The van der Waals surface area contributed by atoms with Crippen LogP contribution in [0.5, 0.6) is 0 Å². The molecule has 3 aromatic rings. The maximum absolute atomic E-state index is 15.3. The molecule has 3 aliphatic heterocycles. The lowest BCUT2D eigenvalue weighted by atomic mass is 10.0. The summed E-state index contributed by atoms with van der Waals surface area (Å²) in [4.78, 5) is 228. The second-order valence-electron chi connectivity index (χ2n) is 33.7. The number of amides is 16. The summed E-state index contributed by atoms with van der Waals surface area (Å²) in [5.41, 5.74) is 19.0. The largest absolute Gasteiger partial charge is 0.394 e. The molecular weight excluding hydrogens is 1730 g/mol. The number of aliphatic hydroxyl groups excluding tert-OH is 3. The number of carbonyl (C=O) groups is 16. The van der Waals surface area contributed by atoms with Crippen molar-refractivity contribution in [2.45, 2.75) is 285 Å². The molecule has 3 aliphatic rings. The molecule has 1 aromatic heterocycles. The number of hydrogen-bond acceptors (Lipinski definition) is 24. The number of unbranched alkanes of at least 4 members (excludes halogenated alkanes) is 15. The number of nitrogens with two attached hydrogens (primary N) is 3. The molecule has 0 saturated carbocycles. The van der Waals surface area contributed by atoms with Crippen LogP contribution < -0.4 is 102 Å². The first-order valence-electron chi connectivity index (χ1n) is 46.6. The molecule has 0 radical (unpaired) electrons. The topological polar surface area (TPSA) is 666 Å². The molecular formula is C90H142N22O21. The zero-order chi connectivity index (χ0) is 96.8. The van der Waals surface area contributed by atoms with Crippen LogP contribution >= 0.6 is 0 Å². The smallest absolute Gasteiger partial charge is 0.246 e. The van der Waals surface area contributed by atoms with E-state index in [-0.39, 0.29) is 109 Å². The van der Waals surface area contributed by atoms with E-state index in [1.54, 1.807) is 67.7 Å². The van der Waals surface area contributed by atoms with Gasteiger partial charge in [-0.1, -0.05) is 165 Å². The Labute approximate surface area is 775 Å². The minimum absolute atomic E-state index is 0.00590. The SMILES string of the molecule is CCCCCCCCCCCCCCCCCC(=O)NCCOCCOCC(=O)NCC(=O)N[C@@H](CO)C(=O)NC(CCC(N)=O)C(=O)N[C@@H](CC1=CNCN1)C(=O)NC(CO)C(=O)N[C@@H](CCCC)C(=O)N[C@H]1CCC(=O)NCCC[C@@H](C(N)=O)NC(=O)[C@H](Cc2c[nH]c3ccccc23)NC(=O)C(CCCNC(=N)N)NC(=O)C(Cc2ccccc2)NC(=O)C2C[C@@H](O)CN2C1=O. The van der Waals surface area contributed by atoms with E-state index in [2.05, 4.69) is 97.0 Å². The molecule has 2 fully saturated rings. The quantitative estimate of drug-likeness (QED) is 0.0158. The van der Waals surface area contributed by atoms with Crippen LogP contribution in [0.4, 0.5) is 0 Å². The minimum Gasteiger partial charge on any atom is -0.394 e. The highest BCUT2D eigenvalue weighted by molar-refractivity contribution is 6.01. The van der Waals surface area contributed by atoms with E-state index < -0.39 is 226 Å². The van der Waals surface area contributed by atoms with Gasteiger partial charge in [0.1, 0.15) is 73.1 Å². The van der Waals surface area contributed by atoms with Crippen LogP contribution in [-0.4, -0.2) is 277 Å². The number of para-hydroxylation sites is 1. The molecule has 16 amide bonds. The van der Waals surface area contributed by atoms with Gasteiger partial charge >= 0.3 is 0 Å². The average Bonchev–Trinajstić information content (AvgIpc) is 1.71. The lowest BCUT2D eigenvalue weighted by Gasteiger charge is -2.31. The predicted molar refractivity (Wildman–Crippen MR) is 491 cm³/mol. The number of nitrogens with one attached hydrogen (secondary N) is 18. The molecule has 6 rings (SSSR count). The van der Waals surface area contributed by atoms with Crippen LogP contribution in [0.3, 0.4) is 0 Å². The highest BCUT2D eigenvalue weighted by Gasteiger charge is 2.44. The van der Waals surface area contributed by atoms with Gasteiger partial charge in [0.2, 0.25) is 94.5 Å². The zero-order valence-corrected chi connectivity index (χ0v) is 76.6. The Morgan fingerprint density at radius 1 is 0.556 bits per heavy atom. The Kier molecular flexibility index (Phi) is 50.8. The lowest BCUT2D eigenvalue weighted by molar-refractivity contribution is -0.143.